The zero-order valence-corrected chi connectivity index (χ0v) is 19.7. The number of fused-ring (bicyclic) bond motifs is 2. The molecule has 0 radical (unpaired) electrons. The summed E-state index contributed by atoms with van der Waals surface area (Å²) < 4.78 is 31.9. The number of amidine groups is 1. The molecule has 0 fully saturated rings. The van der Waals surface area contributed by atoms with Crippen LogP contribution in [0.4, 0.5) is 5.69 Å². The van der Waals surface area contributed by atoms with Gasteiger partial charge in [0.1, 0.15) is 5.84 Å². The van der Waals surface area contributed by atoms with Crippen LogP contribution in [0.3, 0.4) is 0 Å². The predicted molar refractivity (Wildman–Crippen MR) is 125 cm³/mol. The number of hydrogen-bond donors (Lipinski definition) is 1. The van der Waals surface area contributed by atoms with Gasteiger partial charge in [-0.3, -0.25) is 24.1 Å². The number of anilines is 1. The van der Waals surface area contributed by atoms with Gasteiger partial charge in [0.05, 0.1) is 4.90 Å². The van der Waals surface area contributed by atoms with Crippen LogP contribution in [0.1, 0.15) is 48.2 Å². The Labute approximate surface area is 197 Å². The molecule has 0 bridgehead atoms. The average molecular weight is 484 g/mol. The second kappa shape index (κ2) is 9.38. The molecule has 2 heterocycles. The van der Waals surface area contributed by atoms with Gasteiger partial charge in [0.25, 0.3) is 10.0 Å². The van der Waals surface area contributed by atoms with E-state index in [4.69, 9.17) is 4.74 Å². The highest BCUT2D eigenvalue weighted by atomic mass is 32.2. The Kier molecular flexibility index (Phi) is 6.52. The van der Waals surface area contributed by atoms with Crippen molar-refractivity contribution in [3.05, 3.63) is 59.2 Å². The standard InChI is InChI=1S/C24H25N3O6S/c1-15(23(30)18-9-10-20-17(14-18)11-13-27(20)16(2)28)33-22(29)8-5-12-25-24-19-6-3-4-7-21(19)34(31,32)26-24/h3-4,6-7,9-10,14-15H,5,8,11-13H2,1-2H3,(H,25,26). The Morgan fingerprint density at radius 3 is 2.71 bits per heavy atom. The molecule has 1 amide bonds. The highest BCUT2D eigenvalue weighted by Crippen LogP contribution is 2.29. The topological polar surface area (TPSA) is 122 Å². The molecule has 0 aromatic heterocycles. The van der Waals surface area contributed by atoms with Crippen LogP contribution < -0.4 is 9.62 Å². The van der Waals surface area contributed by atoms with Crippen molar-refractivity contribution in [1.82, 2.24) is 4.72 Å². The smallest absolute Gasteiger partial charge is 0.306 e. The highest BCUT2D eigenvalue weighted by Gasteiger charge is 2.30. The van der Waals surface area contributed by atoms with Gasteiger partial charge in [0, 0.05) is 43.2 Å². The normalized spacial score (nSPS) is 17.6. The van der Waals surface area contributed by atoms with Gasteiger partial charge >= 0.3 is 5.97 Å². The molecule has 1 unspecified atom stereocenters. The molecular weight excluding hydrogens is 458 g/mol. The van der Waals surface area contributed by atoms with E-state index in [0.717, 1.165) is 11.3 Å². The van der Waals surface area contributed by atoms with Crippen molar-refractivity contribution in [3.8, 4) is 0 Å². The third kappa shape index (κ3) is 4.72. The van der Waals surface area contributed by atoms with Gasteiger partial charge in [-0.2, -0.15) is 0 Å². The van der Waals surface area contributed by atoms with E-state index in [1.54, 1.807) is 41.3 Å². The Morgan fingerprint density at radius 2 is 1.94 bits per heavy atom. The number of rotatable bonds is 7. The van der Waals surface area contributed by atoms with Crippen molar-refractivity contribution in [2.75, 3.05) is 18.0 Å². The lowest BCUT2D eigenvalue weighted by atomic mass is 10.0. The Morgan fingerprint density at radius 1 is 1.18 bits per heavy atom. The summed E-state index contributed by atoms with van der Waals surface area (Å²) in [5.41, 5.74) is 2.67. The van der Waals surface area contributed by atoms with Crippen molar-refractivity contribution in [2.45, 2.75) is 44.1 Å². The number of sulfonamides is 1. The SMILES string of the molecule is CC(=O)N1CCc2cc(C(=O)C(C)OC(=O)CCCN=C3NS(=O)(=O)c4ccccc43)ccc21. The molecule has 9 nitrogen and oxygen atoms in total. The Balaban J connectivity index is 1.29. The number of benzene rings is 2. The summed E-state index contributed by atoms with van der Waals surface area (Å²) in [6.45, 7) is 3.84. The van der Waals surface area contributed by atoms with Gasteiger partial charge in [-0.15, -0.1) is 0 Å². The Hall–Kier alpha value is -3.53. The van der Waals surface area contributed by atoms with Crippen molar-refractivity contribution < 1.29 is 27.5 Å². The van der Waals surface area contributed by atoms with Crippen LogP contribution in [0.15, 0.2) is 52.4 Å². The monoisotopic (exact) mass is 483 g/mol. The van der Waals surface area contributed by atoms with E-state index in [-0.39, 0.29) is 35.4 Å². The lowest BCUT2D eigenvalue weighted by molar-refractivity contribution is -0.146. The van der Waals surface area contributed by atoms with Crippen LogP contribution in [-0.4, -0.2) is 51.1 Å². The molecule has 178 valence electrons. The molecule has 1 atom stereocenters. The summed E-state index contributed by atoms with van der Waals surface area (Å²) >= 11 is 0. The van der Waals surface area contributed by atoms with Crippen LogP contribution in [0.25, 0.3) is 0 Å². The minimum atomic E-state index is -3.60. The van der Waals surface area contributed by atoms with Gasteiger partial charge in [-0.1, -0.05) is 12.1 Å². The molecule has 0 aliphatic carbocycles. The maximum absolute atomic E-state index is 12.7. The molecule has 1 N–H and O–H groups in total. The molecule has 0 saturated heterocycles. The zero-order chi connectivity index (χ0) is 24.5. The van der Waals surface area contributed by atoms with Crippen LogP contribution >= 0.6 is 0 Å². The summed E-state index contributed by atoms with van der Waals surface area (Å²) in [4.78, 5) is 42.8. The highest BCUT2D eigenvalue weighted by molar-refractivity contribution is 7.90. The third-order valence-electron chi connectivity index (χ3n) is 5.79. The van der Waals surface area contributed by atoms with E-state index in [1.807, 2.05) is 0 Å². The molecule has 2 aromatic carbocycles. The molecule has 4 rings (SSSR count). The fraction of sp³-hybridized carbons (Fsp3) is 0.333. The quantitative estimate of drug-likeness (QED) is 0.366. The molecule has 2 aliphatic rings. The summed E-state index contributed by atoms with van der Waals surface area (Å²) in [5.74, 6) is -0.626. The maximum atomic E-state index is 12.7. The summed E-state index contributed by atoms with van der Waals surface area (Å²) in [6.07, 6.45) is 0.108. The van der Waals surface area contributed by atoms with Crippen LogP contribution in [0.2, 0.25) is 0 Å². The number of ketones is 1. The minimum Gasteiger partial charge on any atom is -0.454 e. The van der Waals surface area contributed by atoms with Crippen molar-refractivity contribution in [1.29, 1.82) is 0 Å². The van der Waals surface area contributed by atoms with Gasteiger partial charge in [-0.25, -0.2) is 8.42 Å². The number of nitrogens with zero attached hydrogens (tertiary/aromatic N) is 2. The number of carbonyl (C=O) groups is 3. The molecule has 34 heavy (non-hydrogen) atoms. The van der Waals surface area contributed by atoms with E-state index in [2.05, 4.69) is 9.71 Å². The van der Waals surface area contributed by atoms with E-state index in [9.17, 15) is 22.8 Å². The second-order valence-corrected chi connectivity index (χ2v) is 9.85. The lowest BCUT2D eigenvalue weighted by Gasteiger charge is -2.16. The number of amides is 1. The molecule has 0 spiro atoms. The summed E-state index contributed by atoms with van der Waals surface area (Å²) in [5, 5.41) is 0. The minimum absolute atomic E-state index is 0.0418. The molecule has 0 saturated carbocycles. The number of esters is 1. The number of hydrogen-bond acceptors (Lipinski definition) is 7. The van der Waals surface area contributed by atoms with E-state index >= 15 is 0 Å². The van der Waals surface area contributed by atoms with Crippen molar-refractivity contribution in [3.63, 3.8) is 0 Å². The summed E-state index contributed by atoms with van der Waals surface area (Å²) in [6, 6.07) is 11.7. The summed E-state index contributed by atoms with van der Waals surface area (Å²) in [7, 11) is -3.60. The number of carbonyl (C=O) groups excluding carboxylic acids is 3. The zero-order valence-electron chi connectivity index (χ0n) is 18.9. The average Bonchev–Trinajstić information content (AvgIpc) is 3.34. The van der Waals surface area contributed by atoms with E-state index in [1.165, 1.54) is 19.9 Å². The van der Waals surface area contributed by atoms with E-state index < -0.39 is 22.1 Å². The van der Waals surface area contributed by atoms with E-state index in [0.29, 0.717) is 30.5 Å². The first-order valence-corrected chi connectivity index (χ1v) is 12.5. The number of aliphatic imine (C=N–C) groups is 1. The van der Waals surface area contributed by atoms with Crippen molar-refractivity contribution >= 4 is 39.2 Å². The van der Waals surface area contributed by atoms with Gasteiger partial charge in [0.2, 0.25) is 11.7 Å². The van der Waals surface area contributed by atoms with Crippen LogP contribution in [-0.2, 0) is 30.8 Å². The predicted octanol–water partition coefficient (Wildman–Crippen LogP) is 2.23. The maximum Gasteiger partial charge on any atom is 0.306 e. The molecule has 10 heteroatoms. The fourth-order valence-electron chi connectivity index (χ4n) is 4.09. The lowest BCUT2D eigenvalue weighted by Crippen LogP contribution is -2.26. The number of nitrogens with one attached hydrogen (secondary N) is 1. The van der Waals surface area contributed by atoms with Crippen molar-refractivity contribution in [2.24, 2.45) is 4.99 Å². The first-order valence-electron chi connectivity index (χ1n) is 11.0. The molecular formula is C24H25N3O6S. The number of ether oxygens (including phenoxy) is 1. The van der Waals surface area contributed by atoms with Crippen LogP contribution in [0, 0.1) is 0 Å². The van der Waals surface area contributed by atoms with Gasteiger partial charge < -0.3 is 9.64 Å². The van der Waals surface area contributed by atoms with Crippen LogP contribution in [0.5, 0.6) is 0 Å². The Bertz CT molecular complexity index is 1300. The number of Topliss-reactive ketones (excluding diaryl/α,β-unsaturated/α-hetero) is 1. The first-order chi connectivity index (χ1) is 16.2. The first kappa shape index (κ1) is 23.6. The van der Waals surface area contributed by atoms with Gasteiger partial charge in [-0.05, 0) is 55.7 Å². The molecule has 2 aliphatic heterocycles. The van der Waals surface area contributed by atoms with Gasteiger partial charge in [0.15, 0.2) is 6.10 Å². The fourth-order valence-corrected chi connectivity index (χ4v) is 5.34. The molecule has 2 aromatic rings. The third-order valence-corrected chi connectivity index (χ3v) is 7.19. The second-order valence-electron chi connectivity index (χ2n) is 8.20. The largest absolute Gasteiger partial charge is 0.454 e.